The highest BCUT2D eigenvalue weighted by molar-refractivity contribution is 9.10. The molecule has 1 N–H and O–H groups in total. The summed E-state index contributed by atoms with van der Waals surface area (Å²) in [5.41, 5.74) is 1.27. The minimum atomic E-state index is 0.647. The average Bonchev–Trinajstić information content (AvgIpc) is 2.32. The maximum Gasteiger partial charge on any atom is 0.0439 e. The summed E-state index contributed by atoms with van der Waals surface area (Å²) >= 11 is 3.44. The molecule has 16 heavy (non-hydrogen) atoms. The largest absolute Gasteiger partial charge is 0.316 e. The van der Waals surface area contributed by atoms with Crippen LogP contribution in [-0.2, 0) is 0 Å². The van der Waals surface area contributed by atoms with Gasteiger partial charge in [0.15, 0.2) is 0 Å². The summed E-state index contributed by atoms with van der Waals surface area (Å²) in [6.45, 7) is 4.54. The second-order valence-corrected chi connectivity index (χ2v) is 5.47. The average molecular weight is 283 g/mol. The van der Waals surface area contributed by atoms with Gasteiger partial charge in [-0.2, -0.15) is 0 Å². The van der Waals surface area contributed by atoms with E-state index in [0.29, 0.717) is 5.92 Å². The first kappa shape index (κ1) is 12.1. The van der Waals surface area contributed by atoms with E-state index in [1.54, 1.807) is 0 Å². The molecular formula is C13H19BrN2. The quantitative estimate of drug-likeness (QED) is 0.920. The molecule has 0 aromatic carbocycles. The van der Waals surface area contributed by atoms with Gasteiger partial charge in [0.1, 0.15) is 0 Å². The first-order valence-electron chi connectivity index (χ1n) is 6.13. The molecule has 0 spiro atoms. The predicted molar refractivity (Wildman–Crippen MR) is 70.6 cm³/mol. The van der Waals surface area contributed by atoms with Crippen molar-refractivity contribution in [1.82, 2.24) is 10.3 Å². The predicted octanol–water partition coefficient (Wildman–Crippen LogP) is 3.34. The number of hydrogen-bond acceptors (Lipinski definition) is 2. The van der Waals surface area contributed by atoms with E-state index in [1.165, 1.54) is 25.0 Å². The van der Waals surface area contributed by atoms with Gasteiger partial charge in [-0.1, -0.05) is 13.3 Å². The normalized spacial score (nSPS) is 25.6. The molecule has 2 unspecified atom stereocenters. The Balaban J connectivity index is 2.13. The molecule has 0 amide bonds. The zero-order valence-electron chi connectivity index (χ0n) is 9.75. The van der Waals surface area contributed by atoms with E-state index in [2.05, 4.69) is 45.3 Å². The Kier molecular flexibility index (Phi) is 4.36. The molecule has 0 saturated carbocycles. The first-order chi connectivity index (χ1) is 7.81. The van der Waals surface area contributed by atoms with Crippen LogP contribution in [0.15, 0.2) is 22.8 Å². The summed E-state index contributed by atoms with van der Waals surface area (Å²) < 4.78 is 1.07. The standard InChI is InChI=1S/C13H19BrN2/c1-2-3-10-8-15-7-6-12(10)13-5-4-11(14)9-16-13/h4-5,9-10,12,15H,2-3,6-8H2,1H3. The van der Waals surface area contributed by atoms with Crippen molar-refractivity contribution < 1.29 is 0 Å². The molecule has 0 bridgehead atoms. The van der Waals surface area contributed by atoms with E-state index in [1.807, 2.05) is 6.20 Å². The van der Waals surface area contributed by atoms with Crippen LogP contribution in [0, 0.1) is 5.92 Å². The molecule has 1 aliphatic heterocycles. The Morgan fingerprint density at radius 2 is 2.38 bits per heavy atom. The van der Waals surface area contributed by atoms with Crippen LogP contribution in [0.25, 0.3) is 0 Å². The smallest absolute Gasteiger partial charge is 0.0439 e. The summed E-state index contributed by atoms with van der Waals surface area (Å²) in [7, 11) is 0. The van der Waals surface area contributed by atoms with E-state index >= 15 is 0 Å². The van der Waals surface area contributed by atoms with Crippen LogP contribution >= 0.6 is 15.9 Å². The molecule has 1 aromatic rings. The zero-order chi connectivity index (χ0) is 11.4. The summed E-state index contributed by atoms with van der Waals surface area (Å²) in [6, 6.07) is 4.27. The minimum absolute atomic E-state index is 0.647. The molecule has 2 rings (SSSR count). The van der Waals surface area contributed by atoms with Crippen molar-refractivity contribution in [1.29, 1.82) is 0 Å². The number of aromatic nitrogens is 1. The van der Waals surface area contributed by atoms with Crippen molar-refractivity contribution >= 4 is 15.9 Å². The third-order valence-corrected chi connectivity index (χ3v) is 3.87. The summed E-state index contributed by atoms with van der Waals surface area (Å²) in [5.74, 6) is 1.40. The van der Waals surface area contributed by atoms with E-state index in [9.17, 15) is 0 Å². The maximum absolute atomic E-state index is 4.56. The van der Waals surface area contributed by atoms with Crippen LogP contribution in [-0.4, -0.2) is 18.1 Å². The minimum Gasteiger partial charge on any atom is -0.316 e. The SMILES string of the molecule is CCCC1CNCCC1c1ccc(Br)cn1. The number of nitrogens with zero attached hydrogens (tertiary/aromatic N) is 1. The Hall–Kier alpha value is -0.410. The third kappa shape index (κ3) is 2.83. The lowest BCUT2D eigenvalue weighted by Gasteiger charge is -2.31. The highest BCUT2D eigenvalue weighted by atomic mass is 79.9. The van der Waals surface area contributed by atoms with Crippen molar-refractivity contribution in [2.24, 2.45) is 5.92 Å². The van der Waals surface area contributed by atoms with Crippen LogP contribution in [0.2, 0.25) is 0 Å². The lowest BCUT2D eigenvalue weighted by atomic mass is 9.81. The monoisotopic (exact) mass is 282 g/mol. The number of halogens is 1. The lowest BCUT2D eigenvalue weighted by molar-refractivity contribution is 0.302. The number of pyridine rings is 1. The molecule has 2 atom stereocenters. The fraction of sp³-hybridized carbons (Fsp3) is 0.615. The molecule has 2 nitrogen and oxygen atoms in total. The molecule has 1 saturated heterocycles. The first-order valence-corrected chi connectivity index (χ1v) is 6.92. The van der Waals surface area contributed by atoms with Gasteiger partial charge in [0.05, 0.1) is 0 Å². The molecular weight excluding hydrogens is 264 g/mol. The molecule has 3 heteroatoms. The number of nitrogens with one attached hydrogen (secondary N) is 1. The summed E-state index contributed by atoms with van der Waals surface area (Å²) in [5, 5.41) is 3.49. The topological polar surface area (TPSA) is 24.9 Å². The van der Waals surface area contributed by atoms with Gasteiger partial charge in [-0.25, -0.2) is 0 Å². The van der Waals surface area contributed by atoms with E-state index in [-0.39, 0.29) is 0 Å². The molecule has 0 aliphatic carbocycles. The molecule has 1 fully saturated rings. The molecule has 2 heterocycles. The molecule has 88 valence electrons. The number of piperidine rings is 1. The highest BCUT2D eigenvalue weighted by Gasteiger charge is 2.26. The number of hydrogen-bond donors (Lipinski definition) is 1. The van der Waals surface area contributed by atoms with Gasteiger partial charge in [-0.15, -0.1) is 0 Å². The third-order valence-electron chi connectivity index (χ3n) is 3.40. The molecule has 1 aromatic heterocycles. The summed E-state index contributed by atoms with van der Waals surface area (Å²) in [6.07, 6.45) is 5.70. The second-order valence-electron chi connectivity index (χ2n) is 4.55. The van der Waals surface area contributed by atoms with Gasteiger partial charge < -0.3 is 5.32 Å². The van der Waals surface area contributed by atoms with Gasteiger partial charge in [0.25, 0.3) is 0 Å². The summed E-state index contributed by atoms with van der Waals surface area (Å²) in [4.78, 5) is 4.56. The van der Waals surface area contributed by atoms with Gasteiger partial charge in [-0.05, 0) is 59.9 Å². The Morgan fingerprint density at radius 1 is 1.50 bits per heavy atom. The Morgan fingerprint density at radius 3 is 3.06 bits per heavy atom. The van der Waals surface area contributed by atoms with Crippen LogP contribution in [0.3, 0.4) is 0 Å². The van der Waals surface area contributed by atoms with Gasteiger partial charge in [0, 0.05) is 22.3 Å². The Bertz CT molecular complexity index is 321. The van der Waals surface area contributed by atoms with Gasteiger partial charge in [-0.3, -0.25) is 4.98 Å². The molecule has 1 aliphatic rings. The fourth-order valence-electron chi connectivity index (χ4n) is 2.59. The second kappa shape index (κ2) is 5.78. The van der Waals surface area contributed by atoms with Crippen LogP contribution in [0.5, 0.6) is 0 Å². The van der Waals surface area contributed by atoms with Crippen molar-refractivity contribution in [3.63, 3.8) is 0 Å². The van der Waals surface area contributed by atoms with E-state index < -0.39 is 0 Å². The maximum atomic E-state index is 4.56. The van der Waals surface area contributed by atoms with E-state index in [4.69, 9.17) is 0 Å². The van der Waals surface area contributed by atoms with Crippen LogP contribution in [0.1, 0.15) is 37.8 Å². The van der Waals surface area contributed by atoms with E-state index in [0.717, 1.165) is 23.5 Å². The van der Waals surface area contributed by atoms with Crippen molar-refractivity contribution in [3.8, 4) is 0 Å². The fourth-order valence-corrected chi connectivity index (χ4v) is 2.83. The molecule has 0 radical (unpaired) electrons. The Labute approximate surface area is 106 Å². The van der Waals surface area contributed by atoms with Gasteiger partial charge >= 0.3 is 0 Å². The number of rotatable bonds is 3. The van der Waals surface area contributed by atoms with Gasteiger partial charge in [0.2, 0.25) is 0 Å². The lowest BCUT2D eigenvalue weighted by Crippen LogP contribution is -2.35. The zero-order valence-corrected chi connectivity index (χ0v) is 11.3. The van der Waals surface area contributed by atoms with Crippen molar-refractivity contribution in [3.05, 3.63) is 28.5 Å². The van der Waals surface area contributed by atoms with Crippen molar-refractivity contribution in [2.75, 3.05) is 13.1 Å². The van der Waals surface area contributed by atoms with Crippen LogP contribution < -0.4 is 5.32 Å². The van der Waals surface area contributed by atoms with Crippen molar-refractivity contribution in [2.45, 2.75) is 32.1 Å². The van der Waals surface area contributed by atoms with Crippen LogP contribution in [0.4, 0.5) is 0 Å². The highest BCUT2D eigenvalue weighted by Crippen LogP contribution is 2.32.